The molecule has 6 nitrogen and oxygen atoms in total. The molecule has 0 bridgehead atoms. The van der Waals surface area contributed by atoms with Gasteiger partial charge in [0.05, 0.1) is 12.8 Å². The van der Waals surface area contributed by atoms with Crippen LogP contribution >= 0.6 is 11.6 Å². The summed E-state index contributed by atoms with van der Waals surface area (Å²) in [5.74, 6) is 0.369. The summed E-state index contributed by atoms with van der Waals surface area (Å²) >= 11 is 6.10. The van der Waals surface area contributed by atoms with Gasteiger partial charge in [-0.3, -0.25) is 9.59 Å². The molecule has 144 valence electrons. The summed E-state index contributed by atoms with van der Waals surface area (Å²) in [5, 5.41) is 7.75. The molecule has 0 spiro atoms. The monoisotopic (exact) mass is 397 g/mol. The van der Waals surface area contributed by atoms with Crippen molar-refractivity contribution in [2.75, 3.05) is 12.4 Å². The first-order valence-corrected chi connectivity index (χ1v) is 9.09. The summed E-state index contributed by atoms with van der Waals surface area (Å²) in [7, 11) is 1.59. The zero-order chi connectivity index (χ0) is 20.3. The van der Waals surface area contributed by atoms with E-state index in [1.807, 2.05) is 31.2 Å². The van der Waals surface area contributed by atoms with Crippen molar-refractivity contribution in [3.8, 4) is 17.0 Å². The number of carbonyl (C=O) groups is 1. The van der Waals surface area contributed by atoms with Crippen LogP contribution in [0.1, 0.15) is 18.5 Å². The van der Waals surface area contributed by atoms with Crippen molar-refractivity contribution in [2.24, 2.45) is 0 Å². The number of nitrogens with one attached hydrogen (secondary N) is 1. The van der Waals surface area contributed by atoms with Gasteiger partial charge in [-0.05, 0) is 61.9 Å². The average Bonchev–Trinajstić information content (AvgIpc) is 2.71. The summed E-state index contributed by atoms with van der Waals surface area (Å²) < 4.78 is 6.33. The molecular formula is C21H20ClN3O3. The van der Waals surface area contributed by atoms with E-state index in [4.69, 9.17) is 16.3 Å². The molecule has 1 atom stereocenters. The molecule has 1 unspecified atom stereocenters. The van der Waals surface area contributed by atoms with E-state index in [0.29, 0.717) is 16.4 Å². The number of amides is 1. The van der Waals surface area contributed by atoms with Gasteiger partial charge in [-0.15, -0.1) is 0 Å². The van der Waals surface area contributed by atoms with Gasteiger partial charge in [0.1, 0.15) is 11.8 Å². The molecule has 0 saturated carbocycles. The molecule has 0 aliphatic rings. The van der Waals surface area contributed by atoms with Gasteiger partial charge in [0.25, 0.3) is 5.56 Å². The summed E-state index contributed by atoms with van der Waals surface area (Å²) in [4.78, 5) is 25.0. The van der Waals surface area contributed by atoms with Crippen LogP contribution < -0.4 is 15.6 Å². The van der Waals surface area contributed by atoms with E-state index in [-0.39, 0.29) is 11.5 Å². The maximum atomic E-state index is 12.7. The lowest BCUT2D eigenvalue weighted by Crippen LogP contribution is -2.33. The van der Waals surface area contributed by atoms with Gasteiger partial charge in [0.15, 0.2) is 0 Å². The van der Waals surface area contributed by atoms with E-state index in [1.54, 1.807) is 38.3 Å². The van der Waals surface area contributed by atoms with E-state index < -0.39 is 6.04 Å². The van der Waals surface area contributed by atoms with Gasteiger partial charge in [-0.25, -0.2) is 4.68 Å². The van der Waals surface area contributed by atoms with Crippen molar-refractivity contribution >= 4 is 23.2 Å². The normalized spacial score (nSPS) is 11.7. The van der Waals surface area contributed by atoms with Crippen LogP contribution in [-0.2, 0) is 4.79 Å². The maximum absolute atomic E-state index is 12.7. The average molecular weight is 398 g/mol. The first-order chi connectivity index (χ1) is 13.4. The number of aromatic nitrogens is 2. The molecule has 0 saturated heterocycles. The topological polar surface area (TPSA) is 73.2 Å². The van der Waals surface area contributed by atoms with Gasteiger partial charge >= 0.3 is 0 Å². The third-order valence-electron chi connectivity index (χ3n) is 4.48. The van der Waals surface area contributed by atoms with Crippen molar-refractivity contribution in [3.63, 3.8) is 0 Å². The Morgan fingerprint density at radius 1 is 1.14 bits per heavy atom. The summed E-state index contributed by atoms with van der Waals surface area (Å²) in [6.45, 7) is 3.44. The lowest BCUT2D eigenvalue weighted by Gasteiger charge is -2.16. The summed E-state index contributed by atoms with van der Waals surface area (Å²) in [6.07, 6.45) is 0. The van der Waals surface area contributed by atoms with Crippen molar-refractivity contribution in [3.05, 3.63) is 75.5 Å². The zero-order valence-corrected chi connectivity index (χ0v) is 16.5. The van der Waals surface area contributed by atoms with Crippen LogP contribution in [-0.4, -0.2) is 22.8 Å². The molecule has 1 heterocycles. The predicted octanol–water partition coefficient (Wildman–Crippen LogP) is 4.08. The molecule has 1 N–H and O–H groups in total. The maximum Gasteiger partial charge on any atom is 0.267 e. The van der Waals surface area contributed by atoms with Crippen LogP contribution in [0.25, 0.3) is 11.3 Å². The van der Waals surface area contributed by atoms with E-state index >= 15 is 0 Å². The fourth-order valence-corrected chi connectivity index (χ4v) is 2.88. The minimum Gasteiger partial charge on any atom is -0.497 e. The van der Waals surface area contributed by atoms with Crippen molar-refractivity contribution < 1.29 is 9.53 Å². The lowest BCUT2D eigenvalue weighted by molar-refractivity contribution is -0.119. The molecule has 3 aromatic rings. The minimum absolute atomic E-state index is 0.355. The number of anilines is 1. The van der Waals surface area contributed by atoms with Gasteiger partial charge in [-0.2, -0.15) is 5.10 Å². The number of hydrogen-bond acceptors (Lipinski definition) is 4. The van der Waals surface area contributed by atoms with E-state index in [0.717, 1.165) is 16.9 Å². The molecule has 0 radical (unpaired) electrons. The number of rotatable bonds is 5. The van der Waals surface area contributed by atoms with Crippen LogP contribution in [0.3, 0.4) is 0 Å². The number of methoxy groups -OCH3 is 1. The molecule has 0 aliphatic heterocycles. The first-order valence-electron chi connectivity index (χ1n) is 8.71. The van der Waals surface area contributed by atoms with E-state index in [2.05, 4.69) is 10.4 Å². The molecule has 0 aliphatic carbocycles. The fourth-order valence-electron chi connectivity index (χ4n) is 2.71. The van der Waals surface area contributed by atoms with Crippen molar-refractivity contribution in [2.45, 2.75) is 19.9 Å². The van der Waals surface area contributed by atoms with Crippen LogP contribution in [0.4, 0.5) is 5.69 Å². The smallest absolute Gasteiger partial charge is 0.267 e. The number of nitrogens with zero attached hydrogens (tertiary/aromatic N) is 2. The van der Waals surface area contributed by atoms with Crippen molar-refractivity contribution in [1.29, 1.82) is 0 Å². The Morgan fingerprint density at radius 2 is 1.86 bits per heavy atom. The molecular weight excluding hydrogens is 378 g/mol. The Kier molecular flexibility index (Phi) is 5.80. The number of halogens is 1. The third-order valence-corrected chi connectivity index (χ3v) is 4.89. The second-order valence-corrected chi connectivity index (χ2v) is 6.71. The Balaban J connectivity index is 1.88. The number of hydrogen-bond donors (Lipinski definition) is 1. The molecule has 1 amide bonds. The SMILES string of the molecule is COc1ccc(-c2ccc(=O)n(C(C)C(=O)Nc3cccc(Cl)c3C)n2)cc1. The molecule has 0 fully saturated rings. The highest BCUT2D eigenvalue weighted by Crippen LogP contribution is 2.24. The lowest BCUT2D eigenvalue weighted by atomic mass is 10.1. The second-order valence-electron chi connectivity index (χ2n) is 6.31. The Morgan fingerprint density at radius 3 is 2.54 bits per heavy atom. The van der Waals surface area contributed by atoms with Gasteiger partial charge in [-0.1, -0.05) is 17.7 Å². The highest BCUT2D eigenvalue weighted by atomic mass is 35.5. The van der Waals surface area contributed by atoms with Gasteiger partial charge in [0.2, 0.25) is 5.91 Å². The molecule has 3 rings (SSSR count). The van der Waals surface area contributed by atoms with Crippen molar-refractivity contribution in [1.82, 2.24) is 9.78 Å². The number of benzene rings is 2. The van der Waals surface area contributed by atoms with Crippen LogP contribution in [0.5, 0.6) is 5.75 Å². The quantitative estimate of drug-likeness (QED) is 0.704. The Hall–Kier alpha value is -3.12. The summed E-state index contributed by atoms with van der Waals surface area (Å²) in [6, 6.07) is 14.8. The second kappa shape index (κ2) is 8.27. The standard InChI is InChI=1S/C21H20ClN3O3/c1-13-17(22)5-4-6-18(13)23-21(27)14(2)25-20(26)12-11-19(24-25)15-7-9-16(28-3)10-8-15/h4-12,14H,1-3H3,(H,23,27). The Labute approximate surface area is 167 Å². The van der Waals surface area contributed by atoms with Crippen LogP contribution in [0.2, 0.25) is 5.02 Å². The molecule has 7 heteroatoms. The predicted molar refractivity (Wildman–Crippen MR) is 110 cm³/mol. The highest BCUT2D eigenvalue weighted by Gasteiger charge is 2.19. The summed E-state index contributed by atoms with van der Waals surface area (Å²) in [5.41, 5.74) is 2.40. The highest BCUT2D eigenvalue weighted by molar-refractivity contribution is 6.31. The number of carbonyl (C=O) groups excluding carboxylic acids is 1. The van der Waals surface area contributed by atoms with E-state index in [9.17, 15) is 9.59 Å². The zero-order valence-electron chi connectivity index (χ0n) is 15.8. The number of ether oxygens (including phenoxy) is 1. The Bertz CT molecular complexity index is 1060. The molecule has 1 aromatic heterocycles. The first kappa shape index (κ1) is 19.6. The largest absolute Gasteiger partial charge is 0.497 e. The van der Waals surface area contributed by atoms with Gasteiger partial charge < -0.3 is 10.1 Å². The van der Waals surface area contributed by atoms with E-state index in [1.165, 1.54) is 10.7 Å². The minimum atomic E-state index is -0.802. The molecule has 2 aromatic carbocycles. The van der Waals surface area contributed by atoms with Crippen LogP contribution in [0.15, 0.2) is 59.4 Å². The third kappa shape index (κ3) is 4.07. The van der Waals surface area contributed by atoms with Crippen LogP contribution in [0, 0.1) is 6.92 Å². The molecule has 28 heavy (non-hydrogen) atoms. The van der Waals surface area contributed by atoms with Gasteiger partial charge in [0, 0.05) is 22.3 Å². The fraction of sp³-hybridized carbons (Fsp3) is 0.190.